The third-order valence-electron chi connectivity index (χ3n) is 5.74. The van der Waals surface area contributed by atoms with E-state index < -0.39 is 0 Å². The van der Waals surface area contributed by atoms with Crippen molar-refractivity contribution in [2.75, 3.05) is 13.1 Å². The summed E-state index contributed by atoms with van der Waals surface area (Å²) in [5, 5.41) is 0. The maximum Gasteiger partial charge on any atom is 0.326 e. The molecule has 8 heteroatoms. The number of hydrogen-bond acceptors (Lipinski definition) is 4. The Bertz CT molecular complexity index is 1320. The minimum absolute atomic E-state index is 0.0590. The third-order valence-corrected chi connectivity index (χ3v) is 6.24. The molecule has 4 aromatic rings. The van der Waals surface area contributed by atoms with Crippen molar-refractivity contribution in [1.82, 2.24) is 19.4 Å². The SMILES string of the molecule is O=C(c1ccc(Oc2cccc(Br)c2)nc1)N1CCC(n2c(=O)[nH]c3ccccc32)CC1. The Morgan fingerprint density at radius 2 is 1.88 bits per heavy atom. The fourth-order valence-electron chi connectivity index (χ4n) is 4.16. The Labute approximate surface area is 192 Å². The van der Waals surface area contributed by atoms with E-state index in [2.05, 4.69) is 25.9 Å². The first-order valence-electron chi connectivity index (χ1n) is 10.5. The number of carbonyl (C=O) groups is 1. The number of fused-ring (bicyclic) bond motifs is 1. The molecule has 1 N–H and O–H groups in total. The fourth-order valence-corrected chi connectivity index (χ4v) is 4.54. The molecule has 1 fully saturated rings. The van der Waals surface area contributed by atoms with Gasteiger partial charge in [0.15, 0.2) is 0 Å². The third kappa shape index (κ3) is 4.05. The van der Waals surface area contributed by atoms with Crippen molar-refractivity contribution in [3.63, 3.8) is 0 Å². The van der Waals surface area contributed by atoms with E-state index in [0.29, 0.717) is 30.3 Å². The van der Waals surface area contributed by atoms with Crippen LogP contribution in [0.25, 0.3) is 11.0 Å². The molecule has 1 aliphatic heterocycles. The number of H-pyrrole nitrogens is 1. The molecule has 0 spiro atoms. The molecule has 0 atom stereocenters. The summed E-state index contributed by atoms with van der Waals surface area (Å²) in [5.74, 6) is 1.04. The molecule has 1 saturated heterocycles. The highest BCUT2D eigenvalue weighted by Crippen LogP contribution is 2.26. The van der Waals surface area contributed by atoms with Crippen molar-refractivity contribution in [2.24, 2.45) is 0 Å². The highest BCUT2D eigenvalue weighted by atomic mass is 79.9. The number of rotatable bonds is 4. The van der Waals surface area contributed by atoms with Crippen LogP contribution in [0.2, 0.25) is 0 Å². The summed E-state index contributed by atoms with van der Waals surface area (Å²) < 4.78 is 8.48. The molecule has 5 rings (SSSR count). The van der Waals surface area contributed by atoms with Crippen LogP contribution in [0.1, 0.15) is 29.2 Å². The van der Waals surface area contributed by atoms with E-state index in [1.807, 2.05) is 58.0 Å². The maximum absolute atomic E-state index is 13.0. The van der Waals surface area contributed by atoms with Gasteiger partial charge in [-0.1, -0.05) is 34.1 Å². The predicted molar refractivity (Wildman–Crippen MR) is 125 cm³/mol. The number of amides is 1. The van der Waals surface area contributed by atoms with Gasteiger partial charge < -0.3 is 14.6 Å². The average molecular weight is 493 g/mol. The molecule has 0 saturated carbocycles. The van der Waals surface area contributed by atoms with Gasteiger partial charge >= 0.3 is 5.69 Å². The van der Waals surface area contributed by atoms with Crippen LogP contribution >= 0.6 is 15.9 Å². The van der Waals surface area contributed by atoms with E-state index >= 15 is 0 Å². The van der Waals surface area contributed by atoms with Crippen LogP contribution < -0.4 is 10.4 Å². The fraction of sp³-hybridized carbons (Fsp3) is 0.208. The first kappa shape index (κ1) is 20.5. The van der Waals surface area contributed by atoms with Crippen LogP contribution in [0, 0.1) is 0 Å². The summed E-state index contributed by atoms with van der Waals surface area (Å²) in [6.45, 7) is 1.18. The maximum atomic E-state index is 13.0. The first-order chi connectivity index (χ1) is 15.6. The minimum Gasteiger partial charge on any atom is -0.439 e. The predicted octanol–water partition coefficient (Wildman–Crippen LogP) is 4.76. The number of likely N-dealkylation sites (tertiary alicyclic amines) is 1. The Morgan fingerprint density at radius 3 is 2.62 bits per heavy atom. The van der Waals surface area contributed by atoms with Crippen molar-refractivity contribution >= 4 is 32.9 Å². The zero-order chi connectivity index (χ0) is 22.1. The molecule has 162 valence electrons. The van der Waals surface area contributed by atoms with Crippen molar-refractivity contribution in [3.05, 3.63) is 87.4 Å². The van der Waals surface area contributed by atoms with Crippen LogP contribution in [0.4, 0.5) is 0 Å². The summed E-state index contributed by atoms with van der Waals surface area (Å²) in [6.07, 6.45) is 3.00. The van der Waals surface area contributed by atoms with E-state index in [-0.39, 0.29) is 17.6 Å². The summed E-state index contributed by atoms with van der Waals surface area (Å²) in [6, 6.07) is 18.7. The monoisotopic (exact) mass is 492 g/mol. The number of piperidine rings is 1. The molecule has 0 aliphatic carbocycles. The van der Waals surface area contributed by atoms with Gasteiger partial charge in [0, 0.05) is 35.9 Å². The second-order valence-corrected chi connectivity index (χ2v) is 8.70. The second kappa shape index (κ2) is 8.63. The Morgan fingerprint density at radius 1 is 1.06 bits per heavy atom. The lowest BCUT2D eigenvalue weighted by atomic mass is 10.0. The number of carbonyl (C=O) groups excluding carboxylic acids is 1. The molecule has 2 aromatic carbocycles. The van der Waals surface area contributed by atoms with Gasteiger partial charge in [0.1, 0.15) is 5.75 Å². The number of ether oxygens (including phenoxy) is 1. The molecule has 0 bridgehead atoms. The number of aromatic nitrogens is 3. The van der Waals surface area contributed by atoms with Crippen molar-refractivity contribution < 1.29 is 9.53 Å². The zero-order valence-corrected chi connectivity index (χ0v) is 18.8. The lowest BCUT2D eigenvalue weighted by Gasteiger charge is -2.32. The number of halogens is 1. The molecule has 1 aliphatic rings. The Balaban J connectivity index is 1.24. The second-order valence-electron chi connectivity index (χ2n) is 7.79. The molecule has 3 heterocycles. The molecular formula is C24H21BrN4O3. The molecule has 2 aromatic heterocycles. The molecule has 0 radical (unpaired) electrons. The molecule has 0 unspecified atom stereocenters. The van der Waals surface area contributed by atoms with Gasteiger partial charge in [0.25, 0.3) is 5.91 Å². The van der Waals surface area contributed by atoms with E-state index in [0.717, 1.165) is 28.3 Å². The summed E-state index contributed by atoms with van der Waals surface area (Å²) in [7, 11) is 0. The lowest BCUT2D eigenvalue weighted by Crippen LogP contribution is -2.40. The van der Waals surface area contributed by atoms with E-state index in [4.69, 9.17) is 4.74 Å². The van der Waals surface area contributed by atoms with Crippen molar-refractivity contribution in [3.8, 4) is 11.6 Å². The van der Waals surface area contributed by atoms with Gasteiger partial charge in [0.05, 0.1) is 16.6 Å². The number of hydrogen-bond donors (Lipinski definition) is 1. The average Bonchev–Trinajstić information content (AvgIpc) is 3.15. The standard InChI is InChI=1S/C24H21BrN4O3/c25-17-4-3-5-19(14-17)32-22-9-8-16(15-26-22)23(30)28-12-10-18(11-13-28)29-21-7-2-1-6-20(21)27-24(29)31/h1-9,14-15,18H,10-13H2,(H,27,31). The number of nitrogens with one attached hydrogen (secondary N) is 1. The molecule has 32 heavy (non-hydrogen) atoms. The van der Waals surface area contributed by atoms with Gasteiger partial charge in [-0.15, -0.1) is 0 Å². The van der Waals surface area contributed by atoms with Gasteiger partial charge in [-0.25, -0.2) is 9.78 Å². The van der Waals surface area contributed by atoms with Crippen LogP contribution in [-0.4, -0.2) is 38.4 Å². The van der Waals surface area contributed by atoms with Crippen LogP contribution in [0.5, 0.6) is 11.6 Å². The quantitative estimate of drug-likeness (QED) is 0.445. The van der Waals surface area contributed by atoms with Gasteiger partial charge in [-0.3, -0.25) is 9.36 Å². The van der Waals surface area contributed by atoms with Gasteiger partial charge in [0.2, 0.25) is 5.88 Å². The molecule has 7 nitrogen and oxygen atoms in total. The first-order valence-corrected chi connectivity index (χ1v) is 11.3. The zero-order valence-electron chi connectivity index (χ0n) is 17.2. The summed E-state index contributed by atoms with van der Waals surface area (Å²) in [4.78, 5) is 34.4. The van der Waals surface area contributed by atoms with E-state index in [1.54, 1.807) is 18.3 Å². The van der Waals surface area contributed by atoms with Gasteiger partial charge in [-0.05, 0) is 49.2 Å². The number of para-hydroxylation sites is 2. The molecular weight excluding hydrogens is 472 g/mol. The lowest BCUT2D eigenvalue weighted by molar-refractivity contribution is 0.0694. The number of pyridine rings is 1. The van der Waals surface area contributed by atoms with Gasteiger partial charge in [-0.2, -0.15) is 0 Å². The van der Waals surface area contributed by atoms with Crippen molar-refractivity contribution in [1.29, 1.82) is 0 Å². The largest absolute Gasteiger partial charge is 0.439 e. The van der Waals surface area contributed by atoms with E-state index in [9.17, 15) is 9.59 Å². The van der Waals surface area contributed by atoms with E-state index in [1.165, 1.54) is 0 Å². The topological polar surface area (TPSA) is 80.2 Å². The number of benzene rings is 2. The summed E-state index contributed by atoms with van der Waals surface area (Å²) >= 11 is 3.41. The Kier molecular flexibility index (Phi) is 5.53. The minimum atomic E-state index is -0.0961. The summed E-state index contributed by atoms with van der Waals surface area (Å²) in [5.41, 5.74) is 2.18. The number of nitrogens with zero attached hydrogens (tertiary/aromatic N) is 3. The normalized spacial score (nSPS) is 14.6. The highest BCUT2D eigenvalue weighted by molar-refractivity contribution is 9.10. The number of aromatic amines is 1. The smallest absolute Gasteiger partial charge is 0.326 e. The Hall–Kier alpha value is -3.39. The van der Waals surface area contributed by atoms with Crippen LogP contribution in [0.3, 0.4) is 0 Å². The molecule has 1 amide bonds. The van der Waals surface area contributed by atoms with Crippen molar-refractivity contribution in [2.45, 2.75) is 18.9 Å². The van der Waals surface area contributed by atoms with Crippen LogP contribution in [0.15, 0.2) is 76.1 Å². The number of imidazole rings is 1. The highest BCUT2D eigenvalue weighted by Gasteiger charge is 2.26. The van der Waals surface area contributed by atoms with Crippen LogP contribution in [-0.2, 0) is 0 Å².